The van der Waals surface area contributed by atoms with E-state index < -0.39 is 28.6 Å². The molecular weight excluding hydrogens is 499 g/mol. The first kappa shape index (κ1) is 26.9. The van der Waals surface area contributed by atoms with E-state index in [9.17, 15) is 33.2 Å². The number of benzene rings is 3. The molecule has 7 nitrogen and oxygen atoms in total. The molecular formula is C28H26F3N3O4. The van der Waals surface area contributed by atoms with Crippen molar-refractivity contribution in [3.63, 3.8) is 0 Å². The van der Waals surface area contributed by atoms with Crippen LogP contribution in [0.2, 0.25) is 0 Å². The number of rotatable bonds is 7. The number of nitrogens with one attached hydrogen (secondary N) is 1. The Morgan fingerprint density at radius 2 is 1.79 bits per heavy atom. The Labute approximate surface area is 217 Å². The number of hydrogen-bond acceptors (Lipinski definition) is 5. The molecule has 0 saturated heterocycles. The first-order chi connectivity index (χ1) is 18.1. The van der Waals surface area contributed by atoms with Crippen LogP contribution in [0.25, 0.3) is 5.70 Å². The minimum absolute atomic E-state index is 0.00219. The highest BCUT2D eigenvalue weighted by atomic mass is 19.4. The average Bonchev–Trinajstić information content (AvgIpc) is 2.90. The molecule has 0 saturated carbocycles. The monoisotopic (exact) mass is 525 g/mol. The number of aliphatic hydroxyl groups is 1. The molecule has 1 atom stereocenters. The Morgan fingerprint density at radius 1 is 1.11 bits per heavy atom. The standard InChI is InChI=1S/C28H26F3N3O4/c1-18-9-12-21(16-24(18)28(29,30)31)32-27(36)23-8-5-15-33(25(17-35)19-6-3-2-4-7-19)26(23)20-10-13-22(14-11-20)34(37)38/h2-4,6-7,9-14,16,25,35H,5,8,15,17H2,1H3,(H,32,36)/t25-/m0/s1. The van der Waals surface area contributed by atoms with Crippen molar-refractivity contribution >= 4 is 23.0 Å². The first-order valence-corrected chi connectivity index (χ1v) is 12.0. The molecule has 0 aliphatic carbocycles. The maximum Gasteiger partial charge on any atom is 0.416 e. The zero-order valence-corrected chi connectivity index (χ0v) is 20.5. The highest BCUT2D eigenvalue weighted by Gasteiger charge is 2.34. The molecule has 0 radical (unpaired) electrons. The van der Waals surface area contributed by atoms with Crippen molar-refractivity contribution in [2.24, 2.45) is 0 Å². The molecule has 1 amide bonds. The van der Waals surface area contributed by atoms with Crippen molar-refractivity contribution < 1.29 is 28.0 Å². The SMILES string of the molecule is Cc1ccc(NC(=O)C2=C(c3ccc([N+](=O)[O-])cc3)N([C@@H](CO)c3ccccc3)CCC2)cc1C(F)(F)F. The summed E-state index contributed by atoms with van der Waals surface area (Å²) in [6.45, 7) is 1.58. The Bertz CT molecular complexity index is 1360. The number of nitro benzene ring substituents is 1. The number of carbonyl (C=O) groups excluding carboxylic acids is 1. The van der Waals surface area contributed by atoms with Crippen LogP contribution in [-0.2, 0) is 11.0 Å². The summed E-state index contributed by atoms with van der Waals surface area (Å²) in [4.78, 5) is 26.1. The summed E-state index contributed by atoms with van der Waals surface area (Å²) >= 11 is 0. The smallest absolute Gasteiger partial charge is 0.394 e. The van der Waals surface area contributed by atoms with Gasteiger partial charge in [0.2, 0.25) is 0 Å². The predicted octanol–water partition coefficient (Wildman–Crippen LogP) is 6.10. The largest absolute Gasteiger partial charge is 0.416 e. The van der Waals surface area contributed by atoms with Gasteiger partial charge < -0.3 is 15.3 Å². The number of nitrogens with zero attached hydrogens (tertiary/aromatic N) is 2. The lowest BCUT2D eigenvalue weighted by atomic mass is 9.93. The molecule has 0 bridgehead atoms. The lowest BCUT2D eigenvalue weighted by Gasteiger charge is -2.39. The molecule has 0 aromatic heterocycles. The van der Waals surface area contributed by atoms with Gasteiger partial charge in [-0.15, -0.1) is 0 Å². The number of anilines is 1. The van der Waals surface area contributed by atoms with Crippen LogP contribution >= 0.6 is 0 Å². The van der Waals surface area contributed by atoms with Crippen LogP contribution in [0.1, 0.15) is 41.1 Å². The lowest BCUT2D eigenvalue weighted by molar-refractivity contribution is -0.384. The number of aryl methyl sites for hydroxylation is 1. The molecule has 0 fully saturated rings. The summed E-state index contributed by atoms with van der Waals surface area (Å²) < 4.78 is 40.3. The number of hydrogen-bond donors (Lipinski definition) is 2. The highest BCUT2D eigenvalue weighted by Crippen LogP contribution is 2.38. The van der Waals surface area contributed by atoms with E-state index in [1.54, 1.807) is 0 Å². The molecule has 4 rings (SSSR count). The number of non-ortho nitro benzene ring substituents is 1. The summed E-state index contributed by atoms with van der Waals surface area (Å²) in [6, 6.07) is 18.1. The fourth-order valence-corrected chi connectivity index (χ4v) is 4.71. The fraction of sp³-hybridized carbons (Fsp3) is 0.250. The molecule has 3 aromatic rings. The number of aliphatic hydroxyl groups excluding tert-OH is 1. The van der Waals surface area contributed by atoms with Crippen molar-refractivity contribution in [1.82, 2.24) is 4.90 Å². The second-order valence-electron chi connectivity index (χ2n) is 9.02. The normalized spacial score (nSPS) is 14.8. The summed E-state index contributed by atoms with van der Waals surface area (Å²) in [5, 5.41) is 24.1. The molecule has 1 aliphatic rings. The van der Waals surface area contributed by atoms with Crippen LogP contribution < -0.4 is 5.32 Å². The number of halogens is 3. The van der Waals surface area contributed by atoms with E-state index in [1.165, 1.54) is 43.3 Å². The van der Waals surface area contributed by atoms with Gasteiger partial charge in [0.1, 0.15) is 0 Å². The van der Waals surface area contributed by atoms with E-state index in [2.05, 4.69) is 5.32 Å². The summed E-state index contributed by atoms with van der Waals surface area (Å²) in [7, 11) is 0. The third kappa shape index (κ3) is 5.70. The molecule has 0 unspecified atom stereocenters. The van der Waals surface area contributed by atoms with Gasteiger partial charge in [0, 0.05) is 29.9 Å². The van der Waals surface area contributed by atoms with E-state index in [1.807, 2.05) is 35.2 Å². The quantitative estimate of drug-likeness (QED) is 0.287. The molecule has 38 heavy (non-hydrogen) atoms. The van der Waals surface area contributed by atoms with Gasteiger partial charge in [-0.2, -0.15) is 13.2 Å². The fourth-order valence-electron chi connectivity index (χ4n) is 4.71. The van der Waals surface area contributed by atoms with Gasteiger partial charge in [0.05, 0.1) is 28.8 Å². The van der Waals surface area contributed by atoms with E-state index in [-0.39, 0.29) is 23.5 Å². The van der Waals surface area contributed by atoms with Gasteiger partial charge in [-0.25, -0.2) is 0 Å². The number of alkyl halides is 3. The molecule has 198 valence electrons. The zero-order chi connectivity index (χ0) is 27.4. The topological polar surface area (TPSA) is 95.7 Å². The molecule has 10 heteroatoms. The van der Waals surface area contributed by atoms with Crippen molar-refractivity contribution in [2.45, 2.75) is 32.0 Å². The van der Waals surface area contributed by atoms with Crippen LogP contribution in [-0.4, -0.2) is 34.0 Å². The van der Waals surface area contributed by atoms with E-state index in [0.717, 1.165) is 11.6 Å². The van der Waals surface area contributed by atoms with E-state index in [4.69, 9.17) is 0 Å². The number of nitro groups is 1. The minimum Gasteiger partial charge on any atom is -0.394 e. The van der Waals surface area contributed by atoms with Crippen molar-refractivity contribution in [3.8, 4) is 0 Å². The lowest BCUT2D eigenvalue weighted by Crippen LogP contribution is -2.36. The van der Waals surface area contributed by atoms with Gasteiger partial charge in [-0.1, -0.05) is 36.4 Å². The van der Waals surface area contributed by atoms with Gasteiger partial charge in [0.25, 0.3) is 11.6 Å². The molecule has 1 heterocycles. The third-order valence-electron chi connectivity index (χ3n) is 6.56. The van der Waals surface area contributed by atoms with Crippen LogP contribution in [0.4, 0.5) is 24.5 Å². The predicted molar refractivity (Wildman–Crippen MR) is 137 cm³/mol. The van der Waals surface area contributed by atoms with E-state index >= 15 is 0 Å². The van der Waals surface area contributed by atoms with Crippen molar-refractivity contribution in [3.05, 3.63) is 111 Å². The van der Waals surface area contributed by atoms with Gasteiger partial charge in [-0.05, 0) is 60.7 Å². The van der Waals surface area contributed by atoms with Gasteiger partial charge >= 0.3 is 6.18 Å². The van der Waals surface area contributed by atoms with Crippen molar-refractivity contribution in [2.75, 3.05) is 18.5 Å². The van der Waals surface area contributed by atoms with Crippen LogP contribution in [0.3, 0.4) is 0 Å². The second-order valence-corrected chi connectivity index (χ2v) is 9.02. The van der Waals surface area contributed by atoms with Crippen LogP contribution in [0.15, 0.2) is 78.4 Å². The first-order valence-electron chi connectivity index (χ1n) is 12.0. The maximum atomic E-state index is 13.5. The minimum atomic E-state index is -4.57. The number of carbonyl (C=O) groups is 1. The Kier molecular flexibility index (Phi) is 7.82. The van der Waals surface area contributed by atoms with Crippen LogP contribution in [0, 0.1) is 17.0 Å². The molecule has 3 aromatic carbocycles. The summed E-state index contributed by atoms with van der Waals surface area (Å²) in [5.74, 6) is -0.579. The molecule has 1 aliphatic heterocycles. The summed E-state index contributed by atoms with van der Waals surface area (Å²) in [6.07, 6.45) is -3.68. The average molecular weight is 526 g/mol. The Morgan fingerprint density at radius 3 is 2.39 bits per heavy atom. The third-order valence-corrected chi connectivity index (χ3v) is 6.56. The molecule has 0 spiro atoms. The summed E-state index contributed by atoms with van der Waals surface area (Å²) in [5.41, 5.74) is 1.20. The number of amides is 1. The van der Waals surface area contributed by atoms with Gasteiger partial charge in [-0.3, -0.25) is 14.9 Å². The molecule has 2 N–H and O–H groups in total. The maximum absolute atomic E-state index is 13.5. The van der Waals surface area contributed by atoms with Gasteiger partial charge in [0.15, 0.2) is 0 Å². The second kappa shape index (κ2) is 11.1. The van der Waals surface area contributed by atoms with Crippen molar-refractivity contribution in [1.29, 1.82) is 0 Å². The van der Waals surface area contributed by atoms with E-state index in [0.29, 0.717) is 36.2 Å². The van der Waals surface area contributed by atoms with Crippen LogP contribution in [0.5, 0.6) is 0 Å². The Hall–Kier alpha value is -4.18. The highest BCUT2D eigenvalue weighted by molar-refractivity contribution is 6.09. The zero-order valence-electron chi connectivity index (χ0n) is 20.5. The Balaban J connectivity index is 1.80.